The van der Waals surface area contributed by atoms with Crippen molar-refractivity contribution in [3.8, 4) is 16.8 Å². The molecule has 1 aromatic carbocycles. The normalized spacial score (nSPS) is 13.3. The molecule has 3 nitrogen and oxygen atoms in total. The molecule has 0 saturated heterocycles. The number of aliphatic imine (C=N–C) groups is 1. The number of aromatic nitrogens is 1. The SMILES string of the molecule is Fc1cccc2c1CN=C(c1cc(Cl)c3coccc1-3)c1cccn1-2. The fourth-order valence-corrected chi connectivity index (χ4v) is 3.70. The summed E-state index contributed by atoms with van der Waals surface area (Å²) in [5.74, 6) is -0.244. The molecule has 0 unspecified atom stereocenters. The first-order chi connectivity index (χ1) is 12.2. The molecule has 1 aromatic heterocycles. The van der Waals surface area contributed by atoms with Crippen LogP contribution in [0, 0.1) is 5.82 Å². The number of hydrogen-bond donors (Lipinski definition) is 0. The highest BCUT2D eigenvalue weighted by Gasteiger charge is 2.25. The van der Waals surface area contributed by atoms with Gasteiger partial charge in [0.25, 0.3) is 0 Å². The first-order valence-electron chi connectivity index (χ1n) is 7.89. The molecular weight excluding hydrogens is 339 g/mol. The zero-order valence-corrected chi connectivity index (χ0v) is 13.8. The monoisotopic (exact) mass is 350 g/mol. The van der Waals surface area contributed by atoms with Crippen LogP contribution in [0.1, 0.15) is 16.8 Å². The maximum Gasteiger partial charge on any atom is 0.130 e. The molecule has 3 heterocycles. The topological polar surface area (TPSA) is 30.4 Å². The van der Waals surface area contributed by atoms with Crippen LogP contribution >= 0.6 is 11.6 Å². The predicted molar refractivity (Wildman–Crippen MR) is 95.4 cm³/mol. The van der Waals surface area contributed by atoms with Crippen molar-refractivity contribution in [1.29, 1.82) is 0 Å². The van der Waals surface area contributed by atoms with Gasteiger partial charge >= 0.3 is 0 Å². The minimum absolute atomic E-state index is 0.244. The molecule has 3 aliphatic rings. The van der Waals surface area contributed by atoms with E-state index in [4.69, 9.17) is 21.0 Å². The number of hydrogen-bond acceptors (Lipinski definition) is 2. The number of rotatable bonds is 1. The molecular formula is C20H12ClFN2O. The summed E-state index contributed by atoms with van der Waals surface area (Å²) in [7, 11) is 0. The molecule has 25 heavy (non-hydrogen) atoms. The summed E-state index contributed by atoms with van der Waals surface area (Å²) in [6.07, 6.45) is 5.18. The lowest BCUT2D eigenvalue weighted by atomic mass is 10.0. The number of fused-ring (bicyclic) bond motifs is 4. The number of nitrogens with zero attached hydrogens (tertiary/aromatic N) is 2. The second-order valence-corrected chi connectivity index (χ2v) is 6.36. The first kappa shape index (κ1) is 14.5. The van der Waals surface area contributed by atoms with Crippen LogP contribution in [0.25, 0.3) is 16.8 Å². The van der Waals surface area contributed by atoms with E-state index in [1.54, 1.807) is 18.6 Å². The summed E-state index contributed by atoms with van der Waals surface area (Å²) in [6.45, 7) is 0.278. The second-order valence-electron chi connectivity index (χ2n) is 5.96. The second kappa shape index (κ2) is 5.33. The van der Waals surface area contributed by atoms with Crippen LogP contribution in [0.15, 0.2) is 70.6 Å². The Kier molecular flexibility index (Phi) is 3.09. The summed E-state index contributed by atoms with van der Waals surface area (Å²) >= 11 is 6.37. The lowest BCUT2D eigenvalue weighted by Crippen LogP contribution is -2.08. The third-order valence-corrected chi connectivity index (χ3v) is 4.92. The molecule has 5 rings (SSSR count). The van der Waals surface area contributed by atoms with Crippen molar-refractivity contribution in [1.82, 2.24) is 4.57 Å². The molecule has 0 atom stereocenters. The Morgan fingerprint density at radius 1 is 1.08 bits per heavy atom. The summed E-state index contributed by atoms with van der Waals surface area (Å²) in [5, 5.41) is 0.614. The fraction of sp³-hybridized carbons (Fsp3) is 0.0500. The van der Waals surface area contributed by atoms with Gasteiger partial charge in [0.05, 0.1) is 41.2 Å². The van der Waals surface area contributed by atoms with Crippen molar-refractivity contribution in [2.75, 3.05) is 0 Å². The minimum atomic E-state index is -0.244. The summed E-state index contributed by atoms with van der Waals surface area (Å²) < 4.78 is 21.5. The quantitative estimate of drug-likeness (QED) is 0.457. The molecule has 0 saturated carbocycles. The van der Waals surface area contributed by atoms with Crippen LogP contribution in [0.5, 0.6) is 0 Å². The molecule has 0 amide bonds. The average Bonchev–Trinajstić information content (AvgIpc) is 3.19. The van der Waals surface area contributed by atoms with Crippen molar-refractivity contribution in [3.63, 3.8) is 0 Å². The van der Waals surface area contributed by atoms with Crippen molar-refractivity contribution in [3.05, 3.63) is 88.8 Å². The molecule has 5 heteroatoms. The third kappa shape index (κ3) is 2.07. The highest BCUT2D eigenvalue weighted by molar-refractivity contribution is 6.35. The van der Waals surface area contributed by atoms with E-state index in [1.165, 1.54) is 6.07 Å². The Balaban J connectivity index is 1.78. The van der Waals surface area contributed by atoms with Crippen LogP contribution in [0.3, 0.4) is 0 Å². The molecule has 2 aromatic rings. The van der Waals surface area contributed by atoms with E-state index >= 15 is 0 Å². The van der Waals surface area contributed by atoms with Gasteiger partial charge in [0.2, 0.25) is 0 Å². The van der Waals surface area contributed by atoms with Gasteiger partial charge in [-0.05, 0) is 42.0 Å². The molecule has 0 N–H and O–H groups in total. The molecule has 0 spiro atoms. The van der Waals surface area contributed by atoms with Crippen LogP contribution in [0.4, 0.5) is 4.39 Å². The third-order valence-electron chi connectivity index (χ3n) is 4.60. The standard InChI is InChI=1S/C20H12ClFN2O/c21-16-9-13(12-6-8-25-11-15(12)16)20-19-5-2-7-24(19)18-4-1-3-17(22)14(18)10-23-20/h1-9,11H,10H2. The molecule has 0 fully saturated rings. The smallest absolute Gasteiger partial charge is 0.130 e. The maximum atomic E-state index is 14.3. The van der Waals surface area contributed by atoms with Gasteiger partial charge in [-0.3, -0.25) is 4.99 Å². The van der Waals surface area contributed by atoms with Crippen LogP contribution in [-0.4, -0.2) is 10.3 Å². The Morgan fingerprint density at radius 2 is 2.00 bits per heavy atom. The van der Waals surface area contributed by atoms with Gasteiger partial charge in [-0.15, -0.1) is 0 Å². The van der Waals surface area contributed by atoms with E-state index in [-0.39, 0.29) is 12.4 Å². The highest BCUT2D eigenvalue weighted by atomic mass is 35.5. The van der Waals surface area contributed by atoms with Gasteiger partial charge in [0.15, 0.2) is 0 Å². The van der Waals surface area contributed by atoms with Gasteiger partial charge in [-0.2, -0.15) is 0 Å². The first-order valence-corrected chi connectivity index (χ1v) is 8.26. The largest absolute Gasteiger partial charge is 0.472 e. The van der Waals surface area contributed by atoms with Gasteiger partial charge in [0.1, 0.15) is 5.82 Å². The number of benzene rings is 1. The van der Waals surface area contributed by atoms with Crippen molar-refractivity contribution in [2.45, 2.75) is 6.54 Å². The Hall–Kier alpha value is -2.85. The predicted octanol–water partition coefficient (Wildman–Crippen LogP) is 5.32. The molecule has 2 aliphatic heterocycles. The van der Waals surface area contributed by atoms with Gasteiger partial charge in [0, 0.05) is 22.9 Å². The fourth-order valence-electron chi connectivity index (χ4n) is 3.44. The Morgan fingerprint density at radius 3 is 2.92 bits per heavy atom. The van der Waals surface area contributed by atoms with E-state index in [0.717, 1.165) is 33.8 Å². The zero-order chi connectivity index (χ0) is 17.0. The van der Waals surface area contributed by atoms with E-state index in [2.05, 4.69) is 0 Å². The van der Waals surface area contributed by atoms with Crippen LogP contribution in [0.2, 0.25) is 5.02 Å². The average molecular weight is 351 g/mol. The van der Waals surface area contributed by atoms with E-state index in [9.17, 15) is 4.39 Å². The van der Waals surface area contributed by atoms with Gasteiger partial charge in [-0.1, -0.05) is 17.7 Å². The van der Waals surface area contributed by atoms with Gasteiger partial charge < -0.3 is 8.98 Å². The number of halogens is 2. The molecule has 1 aliphatic carbocycles. The molecule has 0 bridgehead atoms. The summed E-state index contributed by atoms with van der Waals surface area (Å²) in [4.78, 5) is 4.74. The molecule has 122 valence electrons. The Bertz CT molecular complexity index is 1110. The van der Waals surface area contributed by atoms with E-state index < -0.39 is 0 Å². The van der Waals surface area contributed by atoms with E-state index in [1.807, 2.05) is 41.1 Å². The lowest BCUT2D eigenvalue weighted by Gasteiger charge is -2.11. The summed E-state index contributed by atoms with van der Waals surface area (Å²) in [5.41, 5.74) is 5.84. The van der Waals surface area contributed by atoms with Crippen LogP contribution in [-0.2, 0) is 6.54 Å². The van der Waals surface area contributed by atoms with Crippen molar-refractivity contribution < 1.29 is 8.81 Å². The lowest BCUT2D eigenvalue weighted by molar-refractivity contribution is 0.552. The van der Waals surface area contributed by atoms with Gasteiger partial charge in [-0.25, -0.2) is 4.39 Å². The van der Waals surface area contributed by atoms with Crippen LogP contribution < -0.4 is 0 Å². The Labute approximate surface area is 148 Å². The summed E-state index contributed by atoms with van der Waals surface area (Å²) in [6, 6.07) is 12.8. The minimum Gasteiger partial charge on any atom is -0.472 e. The van der Waals surface area contributed by atoms with Crippen molar-refractivity contribution in [2.24, 2.45) is 4.99 Å². The molecule has 0 radical (unpaired) electrons. The van der Waals surface area contributed by atoms with E-state index in [0.29, 0.717) is 10.6 Å². The highest BCUT2D eigenvalue weighted by Crippen LogP contribution is 2.38. The zero-order valence-electron chi connectivity index (χ0n) is 13.0. The maximum absolute atomic E-state index is 14.3. The van der Waals surface area contributed by atoms with Crippen molar-refractivity contribution >= 4 is 17.3 Å².